The van der Waals surface area contributed by atoms with E-state index in [1.165, 1.54) is 12.8 Å². The predicted molar refractivity (Wildman–Crippen MR) is 66.2 cm³/mol. The summed E-state index contributed by atoms with van der Waals surface area (Å²) in [5.74, 6) is 0.688. The highest BCUT2D eigenvalue weighted by Crippen LogP contribution is 2.47. The smallest absolute Gasteiger partial charge is 0.122 e. The Morgan fingerprint density at radius 1 is 1.53 bits per heavy atom. The van der Waals surface area contributed by atoms with Crippen molar-refractivity contribution < 1.29 is 9.90 Å². The highest BCUT2D eigenvalue weighted by Gasteiger charge is 2.49. The lowest BCUT2D eigenvalue weighted by molar-refractivity contribution is -0.119. The topological polar surface area (TPSA) is 61.1 Å². The molecule has 0 amide bonds. The first-order chi connectivity index (χ1) is 8.01. The third-order valence-electron chi connectivity index (χ3n) is 4.38. The van der Waals surface area contributed by atoms with Crippen LogP contribution >= 0.6 is 0 Å². The largest absolute Gasteiger partial charge is 0.388 e. The fraction of sp³-hybridized carbons (Fsp3) is 0.857. The van der Waals surface area contributed by atoms with Crippen molar-refractivity contribution in [2.75, 3.05) is 0 Å². The van der Waals surface area contributed by atoms with Crippen molar-refractivity contribution in [2.45, 2.75) is 64.4 Å². The first-order valence-corrected chi connectivity index (χ1v) is 6.58. The van der Waals surface area contributed by atoms with Crippen molar-refractivity contribution in [2.24, 2.45) is 11.3 Å². The first-order valence-electron chi connectivity index (χ1n) is 6.58. The summed E-state index contributed by atoms with van der Waals surface area (Å²) in [4.78, 5) is 10.6. The Bertz CT molecular complexity index is 296. The molecule has 1 aliphatic rings. The maximum absolute atomic E-state index is 10.6. The Morgan fingerprint density at radius 3 is 2.53 bits per heavy atom. The van der Waals surface area contributed by atoms with Crippen LogP contribution in [0.4, 0.5) is 0 Å². The average Bonchev–Trinajstić information content (AvgIpc) is 2.30. The van der Waals surface area contributed by atoms with Gasteiger partial charge in [0.2, 0.25) is 0 Å². The van der Waals surface area contributed by atoms with Crippen molar-refractivity contribution >= 4 is 6.29 Å². The number of carbonyl (C=O) groups excluding carboxylic acids is 1. The lowest BCUT2D eigenvalue weighted by Crippen LogP contribution is -2.47. The lowest BCUT2D eigenvalue weighted by Gasteiger charge is -2.44. The normalized spacial score (nSPS) is 32.5. The molecule has 3 heteroatoms. The highest BCUT2D eigenvalue weighted by molar-refractivity contribution is 5.52. The molecule has 0 aliphatic heterocycles. The fourth-order valence-electron chi connectivity index (χ4n) is 3.00. The minimum atomic E-state index is -1.18. The van der Waals surface area contributed by atoms with Gasteiger partial charge in [-0.05, 0) is 38.5 Å². The molecule has 1 N–H and O–H groups in total. The van der Waals surface area contributed by atoms with Crippen LogP contribution in [0.3, 0.4) is 0 Å². The van der Waals surface area contributed by atoms with Crippen LogP contribution in [0, 0.1) is 22.7 Å². The van der Waals surface area contributed by atoms with Gasteiger partial charge in [-0.3, -0.25) is 0 Å². The molecule has 1 atom stereocenters. The number of hydrogen-bond acceptors (Lipinski definition) is 3. The van der Waals surface area contributed by atoms with Crippen molar-refractivity contribution in [1.82, 2.24) is 0 Å². The molecule has 1 rings (SSSR count). The van der Waals surface area contributed by atoms with E-state index in [4.69, 9.17) is 0 Å². The van der Waals surface area contributed by atoms with Crippen LogP contribution in [0.15, 0.2) is 0 Å². The zero-order valence-electron chi connectivity index (χ0n) is 10.9. The molecule has 0 heterocycles. The van der Waals surface area contributed by atoms with Gasteiger partial charge in [0.15, 0.2) is 0 Å². The first kappa shape index (κ1) is 14.2. The maximum Gasteiger partial charge on any atom is 0.122 e. The summed E-state index contributed by atoms with van der Waals surface area (Å²) in [6, 6.07) is 2.30. The number of aliphatic hydroxyl groups is 1. The Kier molecular flexibility index (Phi) is 4.70. The van der Waals surface area contributed by atoms with E-state index >= 15 is 0 Å². The lowest BCUT2D eigenvalue weighted by atomic mass is 9.61. The van der Waals surface area contributed by atoms with Gasteiger partial charge in [-0.1, -0.05) is 19.8 Å². The third kappa shape index (κ3) is 2.87. The Labute approximate surface area is 104 Å². The van der Waals surface area contributed by atoms with Crippen molar-refractivity contribution in [3.8, 4) is 6.07 Å². The van der Waals surface area contributed by atoms with E-state index < -0.39 is 11.0 Å². The minimum absolute atomic E-state index is 0.0546. The maximum atomic E-state index is 10.6. The van der Waals surface area contributed by atoms with Crippen molar-refractivity contribution in [1.29, 1.82) is 5.26 Å². The molecule has 96 valence electrons. The number of nitriles is 1. The van der Waals surface area contributed by atoms with E-state index in [0.29, 0.717) is 5.92 Å². The van der Waals surface area contributed by atoms with Crippen LogP contribution in [0.1, 0.15) is 58.8 Å². The van der Waals surface area contributed by atoms with Gasteiger partial charge in [-0.25, -0.2) is 0 Å². The SMILES string of the molecule is CCCC1CCC(C#N)(C(C)(O)CC=O)CC1. The van der Waals surface area contributed by atoms with E-state index in [1.807, 2.05) is 0 Å². The van der Waals surface area contributed by atoms with Crippen LogP contribution in [-0.4, -0.2) is 17.0 Å². The van der Waals surface area contributed by atoms with Gasteiger partial charge in [0.1, 0.15) is 6.29 Å². The highest BCUT2D eigenvalue weighted by atomic mass is 16.3. The fourth-order valence-corrected chi connectivity index (χ4v) is 3.00. The van der Waals surface area contributed by atoms with Crippen LogP contribution in [-0.2, 0) is 4.79 Å². The van der Waals surface area contributed by atoms with E-state index in [0.717, 1.165) is 32.0 Å². The summed E-state index contributed by atoms with van der Waals surface area (Å²) in [5, 5.41) is 19.7. The second-order valence-corrected chi connectivity index (χ2v) is 5.57. The van der Waals surface area contributed by atoms with Gasteiger partial charge >= 0.3 is 0 Å². The molecular weight excluding hydrogens is 214 g/mol. The van der Waals surface area contributed by atoms with Gasteiger partial charge in [0, 0.05) is 6.42 Å². The van der Waals surface area contributed by atoms with Crippen molar-refractivity contribution in [3.63, 3.8) is 0 Å². The molecule has 0 saturated heterocycles. The van der Waals surface area contributed by atoms with Crippen molar-refractivity contribution in [3.05, 3.63) is 0 Å². The molecule has 1 aliphatic carbocycles. The second kappa shape index (κ2) is 5.64. The number of aldehydes is 1. The molecule has 0 radical (unpaired) electrons. The summed E-state index contributed by atoms with van der Waals surface area (Å²) in [5.41, 5.74) is -1.90. The summed E-state index contributed by atoms with van der Waals surface area (Å²) in [7, 11) is 0. The molecule has 0 bridgehead atoms. The Balaban J connectivity index is 2.74. The summed E-state index contributed by atoms with van der Waals surface area (Å²) in [6.07, 6.45) is 6.58. The Morgan fingerprint density at radius 2 is 2.12 bits per heavy atom. The zero-order valence-corrected chi connectivity index (χ0v) is 10.9. The second-order valence-electron chi connectivity index (χ2n) is 5.57. The van der Waals surface area contributed by atoms with Gasteiger partial charge < -0.3 is 9.90 Å². The van der Waals surface area contributed by atoms with Crippen LogP contribution in [0.2, 0.25) is 0 Å². The van der Waals surface area contributed by atoms with E-state index in [1.54, 1.807) is 6.92 Å². The average molecular weight is 237 g/mol. The molecule has 1 unspecified atom stereocenters. The number of rotatable bonds is 5. The molecule has 0 aromatic carbocycles. The number of carbonyl (C=O) groups is 1. The summed E-state index contributed by atoms with van der Waals surface area (Å²) >= 11 is 0. The molecule has 17 heavy (non-hydrogen) atoms. The summed E-state index contributed by atoms with van der Waals surface area (Å²) in [6.45, 7) is 3.81. The molecule has 3 nitrogen and oxygen atoms in total. The van der Waals surface area contributed by atoms with E-state index in [-0.39, 0.29) is 6.42 Å². The molecule has 0 aromatic rings. The quantitative estimate of drug-likeness (QED) is 0.748. The van der Waals surface area contributed by atoms with E-state index in [2.05, 4.69) is 13.0 Å². The minimum Gasteiger partial charge on any atom is -0.388 e. The monoisotopic (exact) mass is 237 g/mol. The van der Waals surface area contributed by atoms with Gasteiger partial charge in [0.05, 0.1) is 17.1 Å². The number of hydrogen-bond donors (Lipinski definition) is 1. The predicted octanol–water partition coefficient (Wildman–Crippen LogP) is 2.83. The zero-order chi connectivity index (χ0) is 12.9. The molecule has 1 fully saturated rings. The molecule has 0 spiro atoms. The van der Waals surface area contributed by atoms with Gasteiger partial charge in [-0.15, -0.1) is 0 Å². The molecular formula is C14H23NO2. The van der Waals surface area contributed by atoms with Crippen LogP contribution in [0.25, 0.3) is 0 Å². The Hall–Kier alpha value is -0.880. The standard InChI is InChI=1S/C14H23NO2/c1-3-4-12-5-7-14(11-15,8-6-12)13(2,17)9-10-16/h10,12,17H,3-9H2,1-2H3. The molecule has 0 aromatic heterocycles. The summed E-state index contributed by atoms with van der Waals surface area (Å²) < 4.78 is 0. The van der Waals surface area contributed by atoms with Gasteiger partial charge in [0.25, 0.3) is 0 Å². The van der Waals surface area contributed by atoms with Crippen LogP contribution in [0.5, 0.6) is 0 Å². The third-order valence-corrected chi connectivity index (χ3v) is 4.38. The van der Waals surface area contributed by atoms with E-state index in [9.17, 15) is 15.2 Å². The van der Waals surface area contributed by atoms with Crippen LogP contribution < -0.4 is 0 Å². The van der Waals surface area contributed by atoms with Gasteiger partial charge in [-0.2, -0.15) is 5.26 Å². The number of nitrogens with zero attached hydrogens (tertiary/aromatic N) is 1. The molecule has 1 saturated carbocycles.